The van der Waals surface area contributed by atoms with Gasteiger partial charge in [-0.2, -0.15) is 0 Å². The molecule has 1 aliphatic rings. The summed E-state index contributed by atoms with van der Waals surface area (Å²) in [5.41, 5.74) is 3.38. The number of carbonyl (C=O) groups excluding carboxylic acids is 1. The Hall–Kier alpha value is -2.70. The Bertz CT molecular complexity index is 1040. The first-order chi connectivity index (χ1) is 14.8. The third-order valence-electron chi connectivity index (χ3n) is 6.06. The molecule has 0 amide bonds. The molecule has 3 aromatic rings. The van der Waals surface area contributed by atoms with E-state index >= 15 is 0 Å². The van der Waals surface area contributed by atoms with Crippen molar-refractivity contribution in [3.05, 3.63) is 65.5 Å². The molecule has 0 spiro atoms. The minimum absolute atomic E-state index is 0.321. The van der Waals surface area contributed by atoms with Crippen LogP contribution in [0, 0.1) is 0 Å². The lowest BCUT2D eigenvalue weighted by Crippen LogP contribution is -2.42. The van der Waals surface area contributed by atoms with Gasteiger partial charge in [0.15, 0.2) is 0 Å². The SMILES string of the molecule is COC(=O)c1ccc(Cn2ccc3c(C4CCN(CC(C)(C)O)CC4)ccnc32)cc1. The molecule has 1 N–H and O–H groups in total. The second-order valence-electron chi connectivity index (χ2n) is 9.13. The number of hydrogen-bond acceptors (Lipinski definition) is 5. The van der Waals surface area contributed by atoms with E-state index in [4.69, 9.17) is 4.74 Å². The highest BCUT2D eigenvalue weighted by molar-refractivity contribution is 5.89. The highest BCUT2D eigenvalue weighted by Crippen LogP contribution is 2.33. The normalized spacial score (nSPS) is 16.0. The first-order valence-corrected chi connectivity index (χ1v) is 10.9. The molecule has 0 atom stereocenters. The molecule has 6 heteroatoms. The van der Waals surface area contributed by atoms with Crippen molar-refractivity contribution in [2.24, 2.45) is 0 Å². The average Bonchev–Trinajstić information content (AvgIpc) is 3.16. The molecule has 1 saturated heterocycles. The van der Waals surface area contributed by atoms with Crippen LogP contribution in [0.3, 0.4) is 0 Å². The Morgan fingerprint density at radius 1 is 1.16 bits per heavy atom. The number of aromatic nitrogens is 2. The molecule has 1 aliphatic heterocycles. The molecule has 0 radical (unpaired) electrons. The number of β-amino-alcohol motifs (C(OH)–C–C–N with tert-alkyl or cyclic N) is 1. The summed E-state index contributed by atoms with van der Waals surface area (Å²) in [4.78, 5) is 18.7. The summed E-state index contributed by atoms with van der Waals surface area (Å²) < 4.78 is 6.93. The Kier molecular flexibility index (Phi) is 6.12. The number of piperidine rings is 1. The van der Waals surface area contributed by atoms with Gasteiger partial charge in [-0.25, -0.2) is 9.78 Å². The van der Waals surface area contributed by atoms with Crippen LogP contribution in [0.25, 0.3) is 11.0 Å². The fraction of sp³-hybridized carbons (Fsp3) is 0.440. The Morgan fingerprint density at radius 2 is 1.87 bits per heavy atom. The number of carbonyl (C=O) groups is 1. The summed E-state index contributed by atoms with van der Waals surface area (Å²) in [7, 11) is 1.39. The molecule has 0 bridgehead atoms. The maximum absolute atomic E-state index is 11.6. The fourth-order valence-corrected chi connectivity index (χ4v) is 4.60. The summed E-state index contributed by atoms with van der Waals surface area (Å²) in [6.45, 7) is 7.17. The van der Waals surface area contributed by atoms with Crippen LogP contribution in [-0.2, 0) is 11.3 Å². The quantitative estimate of drug-likeness (QED) is 0.613. The number of pyridine rings is 1. The third kappa shape index (κ3) is 4.97. The van der Waals surface area contributed by atoms with Crippen molar-refractivity contribution in [2.45, 2.75) is 44.8 Å². The highest BCUT2D eigenvalue weighted by atomic mass is 16.5. The van der Waals surface area contributed by atoms with Gasteiger partial charge in [-0.15, -0.1) is 0 Å². The predicted octanol–water partition coefficient (Wildman–Crippen LogP) is 3.82. The second-order valence-corrected chi connectivity index (χ2v) is 9.13. The number of rotatable bonds is 6. The van der Waals surface area contributed by atoms with Crippen LogP contribution in [-0.4, -0.2) is 57.9 Å². The molecule has 2 aromatic heterocycles. The molecule has 0 unspecified atom stereocenters. The first-order valence-electron chi connectivity index (χ1n) is 10.9. The van der Waals surface area contributed by atoms with Crippen LogP contribution in [0.4, 0.5) is 0 Å². The maximum atomic E-state index is 11.6. The van der Waals surface area contributed by atoms with Gasteiger partial charge in [0, 0.05) is 30.9 Å². The van der Waals surface area contributed by atoms with E-state index in [1.54, 1.807) is 12.1 Å². The zero-order chi connectivity index (χ0) is 22.0. The molecule has 1 aromatic carbocycles. The van der Waals surface area contributed by atoms with E-state index in [9.17, 15) is 9.90 Å². The summed E-state index contributed by atoms with van der Waals surface area (Å²) >= 11 is 0. The Labute approximate surface area is 183 Å². The zero-order valence-electron chi connectivity index (χ0n) is 18.5. The van der Waals surface area contributed by atoms with E-state index in [2.05, 4.69) is 32.8 Å². The monoisotopic (exact) mass is 421 g/mol. The van der Waals surface area contributed by atoms with Crippen molar-refractivity contribution in [3.8, 4) is 0 Å². The molecule has 0 saturated carbocycles. The van der Waals surface area contributed by atoms with E-state index in [-0.39, 0.29) is 5.97 Å². The van der Waals surface area contributed by atoms with Crippen LogP contribution in [0.15, 0.2) is 48.8 Å². The van der Waals surface area contributed by atoms with Gasteiger partial charge in [0.25, 0.3) is 0 Å². The number of hydrogen-bond donors (Lipinski definition) is 1. The van der Waals surface area contributed by atoms with E-state index in [1.165, 1.54) is 18.1 Å². The van der Waals surface area contributed by atoms with E-state index in [0.29, 0.717) is 18.0 Å². The molecule has 6 nitrogen and oxygen atoms in total. The van der Waals surface area contributed by atoms with Crippen molar-refractivity contribution >= 4 is 17.0 Å². The second kappa shape index (κ2) is 8.81. The van der Waals surface area contributed by atoms with Crippen molar-refractivity contribution in [3.63, 3.8) is 0 Å². The van der Waals surface area contributed by atoms with Crippen LogP contribution in [0.2, 0.25) is 0 Å². The van der Waals surface area contributed by atoms with Gasteiger partial charge < -0.3 is 19.3 Å². The molecule has 164 valence electrons. The van der Waals surface area contributed by atoms with Crippen LogP contribution in [0.5, 0.6) is 0 Å². The Balaban J connectivity index is 1.49. The number of benzene rings is 1. The number of methoxy groups -OCH3 is 1. The lowest BCUT2D eigenvalue weighted by molar-refractivity contribution is 0.0282. The van der Waals surface area contributed by atoms with Crippen LogP contribution < -0.4 is 0 Å². The van der Waals surface area contributed by atoms with Gasteiger partial charge in [-0.05, 0) is 81.1 Å². The molecule has 0 aliphatic carbocycles. The summed E-state index contributed by atoms with van der Waals surface area (Å²) in [5.74, 6) is 0.191. The van der Waals surface area contributed by atoms with Gasteiger partial charge in [-0.1, -0.05) is 12.1 Å². The molecule has 31 heavy (non-hydrogen) atoms. The number of fused-ring (bicyclic) bond motifs is 1. The smallest absolute Gasteiger partial charge is 0.337 e. The number of aliphatic hydroxyl groups is 1. The average molecular weight is 422 g/mol. The Morgan fingerprint density at radius 3 is 2.52 bits per heavy atom. The van der Waals surface area contributed by atoms with E-state index in [1.807, 2.05) is 32.2 Å². The van der Waals surface area contributed by atoms with Crippen molar-refractivity contribution in [1.82, 2.24) is 14.5 Å². The van der Waals surface area contributed by atoms with Gasteiger partial charge in [0.1, 0.15) is 5.65 Å². The topological polar surface area (TPSA) is 67.6 Å². The molecule has 1 fully saturated rings. The predicted molar refractivity (Wildman–Crippen MR) is 121 cm³/mol. The summed E-state index contributed by atoms with van der Waals surface area (Å²) in [6, 6.07) is 11.8. The number of nitrogens with zero attached hydrogens (tertiary/aromatic N) is 3. The minimum atomic E-state index is -0.650. The van der Waals surface area contributed by atoms with E-state index < -0.39 is 5.60 Å². The van der Waals surface area contributed by atoms with Crippen molar-refractivity contribution < 1.29 is 14.6 Å². The lowest BCUT2D eigenvalue weighted by Gasteiger charge is -2.35. The molecule has 4 rings (SSSR count). The van der Waals surface area contributed by atoms with Crippen LogP contribution >= 0.6 is 0 Å². The van der Waals surface area contributed by atoms with Crippen LogP contribution in [0.1, 0.15) is 54.1 Å². The van der Waals surface area contributed by atoms with Crippen molar-refractivity contribution in [2.75, 3.05) is 26.7 Å². The number of esters is 1. The van der Waals surface area contributed by atoms with E-state index in [0.717, 1.165) is 43.7 Å². The lowest BCUT2D eigenvalue weighted by atomic mass is 9.88. The van der Waals surface area contributed by atoms with Gasteiger partial charge >= 0.3 is 5.97 Å². The van der Waals surface area contributed by atoms with Gasteiger partial charge in [-0.3, -0.25) is 0 Å². The molecular formula is C25H31N3O3. The molecular weight excluding hydrogens is 390 g/mol. The third-order valence-corrected chi connectivity index (χ3v) is 6.06. The molecule has 3 heterocycles. The minimum Gasteiger partial charge on any atom is -0.465 e. The summed E-state index contributed by atoms with van der Waals surface area (Å²) in [5, 5.41) is 11.3. The zero-order valence-corrected chi connectivity index (χ0v) is 18.5. The summed E-state index contributed by atoms with van der Waals surface area (Å²) in [6.07, 6.45) is 6.20. The first kappa shape index (κ1) is 21.5. The number of likely N-dealkylation sites (tertiary alicyclic amines) is 1. The fourth-order valence-electron chi connectivity index (χ4n) is 4.60. The van der Waals surface area contributed by atoms with Gasteiger partial charge in [0.2, 0.25) is 0 Å². The highest BCUT2D eigenvalue weighted by Gasteiger charge is 2.26. The van der Waals surface area contributed by atoms with Gasteiger partial charge in [0.05, 0.1) is 18.3 Å². The number of ether oxygens (including phenoxy) is 1. The van der Waals surface area contributed by atoms with Crippen molar-refractivity contribution in [1.29, 1.82) is 0 Å². The standard InChI is InChI=1S/C25H31N3O3/c1-25(2,30)17-27-13-9-19(10-14-27)21-8-12-26-23-22(21)11-15-28(23)16-18-4-6-20(7-5-18)24(29)31-3/h4-8,11-12,15,19,30H,9-10,13-14,16-17H2,1-3H3. The largest absolute Gasteiger partial charge is 0.465 e. The maximum Gasteiger partial charge on any atom is 0.337 e.